The number of guanidine groups is 1. The third-order valence-electron chi connectivity index (χ3n) is 6.58. The van der Waals surface area contributed by atoms with E-state index in [9.17, 15) is 0 Å². The van der Waals surface area contributed by atoms with Crippen LogP contribution in [0.5, 0.6) is 11.5 Å². The second-order valence-electron chi connectivity index (χ2n) is 8.85. The van der Waals surface area contributed by atoms with Crippen molar-refractivity contribution in [1.82, 2.24) is 15.5 Å². The molecule has 1 aromatic carbocycles. The fourth-order valence-electron chi connectivity index (χ4n) is 4.44. The van der Waals surface area contributed by atoms with Crippen LogP contribution in [-0.2, 0) is 0 Å². The Morgan fingerprint density at radius 2 is 1.62 bits per heavy atom. The van der Waals surface area contributed by atoms with E-state index >= 15 is 0 Å². The monoisotopic (exact) mass is 559 g/mol. The highest BCUT2D eigenvalue weighted by atomic mass is 127. The van der Waals surface area contributed by atoms with E-state index in [-0.39, 0.29) is 24.0 Å². The third kappa shape index (κ3) is 8.17. The molecule has 2 saturated heterocycles. The summed E-state index contributed by atoms with van der Waals surface area (Å²) in [7, 11) is 5.25. The fraction of sp³-hybridized carbons (Fsp3) is 0.708. The number of anilines is 1. The summed E-state index contributed by atoms with van der Waals surface area (Å²) in [5, 5.41) is 7.12. The van der Waals surface area contributed by atoms with Crippen molar-refractivity contribution >= 4 is 35.6 Å². The Kier molecular flexibility index (Phi) is 11.7. The van der Waals surface area contributed by atoms with Gasteiger partial charge in [-0.25, -0.2) is 0 Å². The Morgan fingerprint density at radius 1 is 1.00 bits per heavy atom. The van der Waals surface area contributed by atoms with Crippen molar-refractivity contribution in [2.75, 3.05) is 65.4 Å². The summed E-state index contributed by atoms with van der Waals surface area (Å²) in [6, 6.07) is 6.53. The first-order chi connectivity index (χ1) is 15.1. The van der Waals surface area contributed by atoms with Crippen molar-refractivity contribution in [2.45, 2.75) is 45.1 Å². The molecular formula is C24H42IN5O2. The van der Waals surface area contributed by atoms with Crippen LogP contribution in [0, 0.1) is 5.92 Å². The molecule has 0 atom stereocenters. The molecule has 0 unspecified atom stereocenters. The maximum Gasteiger partial charge on any atom is 0.191 e. The Morgan fingerprint density at radius 3 is 2.19 bits per heavy atom. The van der Waals surface area contributed by atoms with Crippen molar-refractivity contribution < 1.29 is 9.47 Å². The minimum Gasteiger partial charge on any atom is -0.497 e. The second-order valence-corrected chi connectivity index (χ2v) is 8.85. The van der Waals surface area contributed by atoms with Gasteiger partial charge >= 0.3 is 0 Å². The van der Waals surface area contributed by atoms with Gasteiger partial charge in [-0.1, -0.05) is 6.92 Å². The Balaban J connectivity index is 0.00000363. The van der Waals surface area contributed by atoms with Gasteiger partial charge in [-0.2, -0.15) is 0 Å². The van der Waals surface area contributed by atoms with Crippen molar-refractivity contribution in [3.05, 3.63) is 18.2 Å². The Bertz CT molecular complexity index is 679. The van der Waals surface area contributed by atoms with Gasteiger partial charge in [0.25, 0.3) is 0 Å². The molecule has 0 bridgehead atoms. The maximum absolute atomic E-state index is 5.42. The number of ether oxygens (including phenoxy) is 2. The average molecular weight is 560 g/mol. The van der Waals surface area contributed by atoms with Gasteiger partial charge in [0.1, 0.15) is 11.5 Å². The molecule has 8 heteroatoms. The zero-order valence-electron chi connectivity index (χ0n) is 20.2. The van der Waals surface area contributed by atoms with E-state index in [1.165, 1.54) is 32.5 Å². The van der Waals surface area contributed by atoms with Crippen LogP contribution in [-0.4, -0.2) is 77.4 Å². The Labute approximate surface area is 211 Å². The van der Waals surface area contributed by atoms with E-state index in [0.29, 0.717) is 6.04 Å². The Hall–Kier alpha value is -1.42. The third-order valence-corrected chi connectivity index (χ3v) is 6.58. The van der Waals surface area contributed by atoms with E-state index in [1.807, 2.05) is 13.1 Å². The van der Waals surface area contributed by atoms with Gasteiger partial charge < -0.3 is 29.9 Å². The van der Waals surface area contributed by atoms with Crippen LogP contribution in [0.4, 0.5) is 5.69 Å². The topological polar surface area (TPSA) is 61.4 Å². The van der Waals surface area contributed by atoms with Crippen molar-refractivity contribution in [2.24, 2.45) is 10.9 Å². The molecule has 0 aromatic heterocycles. The molecule has 2 N–H and O–H groups in total. The lowest BCUT2D eigenvalue weighted by atomic mass is 9.99. The van der Waals surface area contributed by atoms with Crippen molar-refractivity contribution in [3.8, 4) is 11.5 Å². The molecule has 32 heavy (non-hydrogen) atoms. The standard InChI is InChI=1S/C24H41N5O2.HI/c1-19-6-12-28(13-7-19)11-5-10-26-24(25-2)27-20-8-14-29(15-9-20)21-16-22(30-3)18-23(17-21)31-4;/h16-20H,5-15H2,1-4H3,(H2,25,26,27);1H. The van der Waals surface area contributed by atoms with E-state index in [2.05, 4.69) is 44.5 Å². The van der Waals surface area contributed by atoms with Gasteiger partial charge in [0.05, 0.1) is 14.2 Å². The zero-order valence-corrected chi connectivity index (χ0v) is 22.6. The quantitative estimate of drug-likeness (QED) is 0.220. The number of nitrogens with one attached hydrogen (secondary N) is 2. The zero-order chi connectivity index (χ0) is 22.1. The molecule has 7 nitrogen and oxygen atoms in total. The number of aliphatic imine (C=N–C) groups is 1. The van der Waals surface area contributed by atoms with Gasteiger partial charge in [0.2, 0.25) is 0 Å². The van der Waals surface area contributed by atoms with E-state index in [1.54, 1.807) is 14.2 Å². The highest BCUT2D eigenvalue weighted by Crippen LogP contribution is 2.30. The summed E-state index contributed by atoms with van der Waals surface area (Å²) in [6.45, 7) is 9.02. The highest BCUT2D eigenvalue weighted by molar-refractivity contribution is 14.0. The summed E-state index contributed by atoms with van der Waals surface area (Å²) in [5.74, 6) is 3.49. The molecule has 182 valence electrons. The van der Waals surface area contributed by atoms with Crippen molar-refractivity contribution in [1.29, 1.82) is 0 Å². The van der Waals surface area contributed by atoms with Crippen LogP contribution in [0.1, 0.15) is 39.0 Å². The van der Waals surface area contributed by atoms with Crippen LogP contribution in [0.15, 0.2) is 23.2 Å². The predicted molar refractivity (Wildman–Crippen MR) is 144 cm³/mol. The fourth-order valence-corrected chi connectivity index (χ4v) is 4.44. The number of hydrogen-bond acceptors (Lipinski definition) is 5. The molecule has 0 saturated carbocycles. The highest BCUT2D eigenvalue weighted by Gasteiger charge is 2.21. The number of likely N-dealkylation sites (tertiary alicyclic amines) is 1. The molecule has 0 spiro atoms. The lowest BCUT2D eigenvalue weighted by Gasteiger charge is -2.35. The van der Waals surface area contributed by atoms with Gasteiger partial charge in [-0.3, -0.25) is 4.99 Å². The summed E-state index contributed by atoms with van der Waals surface area (Å²) >= 11 is 0. The normalized spacial score (nSPS) is 18.8. The molecule has 2 aliphatic heterocycles. The first-order valence-electron chi connectivity index (χ1n) is 11.8. The molecule has 1 aromatic rings. The molecule has 2 fully saturated rings. The van der Waals surface area contributed by atoms with E-state index in [4.69, 9.17) is 9.47 Å². The largest absolute Gasteiger partial charge is 0.497 e. The number of halogens is 1. The maximum atomic E-state index is 5.42. The first kappa shape index (κ1) is 26.8. The van der Waals surface area contributed by atoms with Crippen LogP contribution in [0.2, 0.25) is 0 Å². The van der Waals surface area contributed by atoms with Gasteiger partial charge in [0.15, 0.2) is 5.96 Å². The predicted octanol–water partition coefficient (Wildman–Crippen LogP) is 3.58. The molecule has 3 rings (SSSR count). The molecule has 0 radical (unpaired) electrons. The number of rotatable bonds is 8. The second kappa shape index (κ2) is 14.0. The van der Waals surface area contributed by atoms with Crippen LogP contribution < -0.4 is 25.0 Å². The molecule has 0 aliphatic carbocycles. The molecular weight excluding hydrogens is 517 g/mol. The first-order valence-corrected chi connectivity index (χ1v) is 11.8. The number of methoxy groups -OCH3 is 2. The van der Waals surface area contributed by atoms with E-state index < -0.39 is 0 Å². The van der Waals surface area contributed by atoms with E-state index in [0.717, 1.165) is 68.0 Å². The lowest BCUT2D eigenvalue weighted by Crippen LogP contribution is -2.49. The minimum absolute atomic E-state index is 0. The number of nitrogens with zero attached hydrogens (tertiary/aromatic N) is 3. The SMILES string of the molecule is CN=C(NCCCN1CCC(C)CC1)NC1CCN(c2cc(OC)cc(OC)c2)CC1.I. The van der Waals surface area contributed by atoms with Crippen LogP contribution >= 0.6 is 24.0 Å². The summed E-state index contributed by atoms with van der Waals surface area (Å²) < 4.78 is 10.8. The average Bonchev–Trinajstić information content (AvgIpc) is 2.82. The summed E-state index contributed by atoms with van der Waals surface area (Å²) in [5.41, 5.74) is 1.16. The smallest absolute Gasteiger partial charge is 0.191 e. The van der Waals surface area contributed by atoms with Crippen molar-refractivity contribution in [3.63, 3.8) is 0 Å². The van der Waals surface area contributed by atoms with Gasteiger partial charge in [-0.05, 0) is 57.7 Å². The molecule has 2 heterocycles. The molecule has 0 amide bonds. The number of piperidine rings is 2. The number of benzene rings is 1. The van der Waals surface area contributed by atoms with Crippen LogP contribution in [0.25, 0.3) is 0 Å². The number of hydrogen-bond donors (Lipinski definition) is 2. The lowest BCUT2D eigenvalue weighted by molar-refractivity contribution is 0.191. The summed E-state index contributed by atoms with van der Waals surface area (Å²) in [6.07, 6.45) is 6.00. The minimum atomic E-state index is 0. The molecule has 2 aliphatic rings. The van der Waals surface area contributed by atoms with Crippen LogP contribution in [0.3, 0.4) is 0 Å². The van der Waals surface area contributed by atoms with Gasteiger partial charge in [-0.15, -0.1) is 24.0 Å². The van der Waals surface area contributed by atoms with Gasteiger partial charge in [0, 0.05) is 56.6 Å². The summed E-state index contributed by atoms with van der Waals surface area (Å²) in [4.78, 5) is 9.43.